The van der Waals surface area contributed by atoms with Crippen LogP contribution in [0.2, 0.25) is 0 Å². The topological polar surface area (TPSA) is 138 Å². The van der Waals surface area contributed by atoms with Gasteiger partial charge in [0.2, 0.25) is 0 Å². The van der Waals surface area contributed by atoms with Gasteiger partial charge in [0, 0.05) is 37.1 Å². The van der Waals surface area contributed by atoms with Gasteiger partial charge in [0.1, 0.15) is 19.3 Å². The second kappa shape index (κ2) is 13.3. The molecular weight excluding hydrogens is 446 g/mol. The molecule has 4 unspecified atom stereocenters. The van der Waals surface area contributed by atoms with Crippen LogP contribution < -0.4 is 0 Å². The Morgan fingerprint density at radius 3 is 1.97 bits per heavy atom. The first-order valence-electron chi connectivity index (χ1n) is 11.9. The summed E-state index contributed by atoms with van der Waals surface area (Å²) in [5, 5.41) is 3.48. The summed E-state index contributed by atoms with van der Waals surface area (Å²) in [4.78, 5) is 25.5. The maximum Gasteiger partial charge on any atom is 0.302 e. The average Bonchev–Trinajstić information content (AvgIpc) is 2.79. The van der Waals surface area contributed by atoms with E-state index in [1.165, 1.54) is 13.8 Å². The number of esters is 2. The first kappa shape index (κ1) is 28.3. The number of rotatable bonds is 10. The van der Waals surface area contributed by atoms with E-state index in [1.807, 2.05) is 13.8 Å². The Bertz CT molecular complexity index is 731. The lowest BCUT2D eigenvalue weighted by atomic mass is 9.78. The van der Waals surface area contributed by atoms with Crippen molar-refractivity contribution in [3.8, 4) is 0 Å². The number of nitrogens with zero attached hydrogens (tertiary/aromatic N) is 3. The van der Waals surface area contributed by atoms with Crippen molar-refractivity contribution < 1.29 is 38.0 Å². The summed E-state index contributed by atoms with van der Waals surface area (Å²) in [6, 6.07) is 0. The summed E-state index contributed by atoms with van der Waals surface area (Å²) in [6.45, 7) is 13.6. The monoisotopic (exact) mass is 485 g/mol. The van der Waals surface area contributed by atoms with E-state index in [9.17, 15) is 9.59 Å². The van der Waals surface area contributed by atoms with Gasteiger partial charge in [-0.15, -0.1) is 0 Å². The third-order valence-corrected chi connectivity index (χ3v) is 7.17. The van der Waals surface area contributed by atoms with Crippen molar-refractivity contribution in [3.63, 3.8) is 0 Å². The van der Waals surface area contributed by atoms with Gasteiger partial charge in [-0.05, 0) is 23.3 Å². The Balaban J connectivity index is 2.15. The molecule has 0 aromatic rings. The van der Waals surface area contributed by atoms with E-state index in [2.05, 4.69) is 30.8 Å². The molecule has 2 aliphatic heterocycles. The molecule has 0 N–H and O–H groups in total. The molecule has 2 heterocycles. The molecular formula is C23H39N3O8. The molecule has 194 valence electrons. The van der Waals surface area contributed by atoms with Crippen molar-refractivity contribution >= 4 is 11.9 Å². The van der Waals surface area contributed by atoms with Crippen LogP contribution >= 0.6 is 0 Å². The fourth-order valence-electron chi connectivity index (χ4n) is 4.44. The van der Waals surface area contributed by atoms with E-state index in [0.717, 1.165) is 0 Å². The molecule has 0 amide bonds. The van der Waals surface area contributed by atoms with E-state index >= 15 is 0 Å². The molecule has 10 atom stereocenters. The zero-order chi connectivity index (χ0) is 25.4. The molecule has 34 heavy (non-hydrogen) atoms. The van der Waals surface area contributed by atoms with Crippen LogP contribution in [0.15, 0.2) is 5.11 Å². The van der Waals surface area contributed by atoms with Gasteiger partial charge in [0.15, 0.2) is 12.6 Å². The standard InChI is InChI=1S/C23H39N3O8/c1-12-13(2)19(10-30-17(6)27)32-23(15(12)4)34-21-14(3)16(5)22(29-9-8-25-26-24)33-20(21)11-31-18(7)28/h12-16,19-23H,8-11H2,1-7H3/t12-,13+,14+,15?,16?,19?,20?,21-,22+,23-/m0/s1. The lowest BCUT2D eigenvalue weighted by molar-refractivity contribution is -0.328. The summed E-state index contributed by atoms with van der Waals surface area (Å²) < 4.78 is 35.2. The van der Waals surface area contributed by atoms with Crippen molar-refractivity contribution in [3.05, 3.63) is 10.4 Å². The van der Waals surface area contributed by atoms with Crippen molar-refractivity contribution in [1.82, 2.24) is 0 Å². The average molecular weight is 486 g/mol. The van der Waals surface area contributed by atoms with E-state index in [0.29, 0.717) is 0 Å². The molecule has 0 aromatic carbocycles. The quantitative estimate of drug-likeness (QED) is 0.151. The number of ether oxygens (including phenoxy) is 6. The van der Waals surface area contributed by atoms with Crippen LogP contribution in [0.5, 0.6) is 0 Å². The van der Waals surface area contributed by atoms with Crippen LogP contribution in [-0.4, -0.2) is 69.2 Å². The predicted molar refractivity (Wildman–Crippen MR) is 121 cm³/mol. The van der Waals surface area contributed by atoms with Crippen LogP contribution in [0.3, 0.4) is 0 Å². The number of azide groups is 1. The van der Waals surface area contributed by atoms with Gasteiger partial charge in [-0.3, -0.25) is 9.59 Å². The number of carbonyl (C=O) groups excluding carboxylic acids is 2. The van der Waals surface area contributed by atoms with Crippen molar-refractivity contribution in [2.75, 3.05) is 26.4 Å². The fourth-order valence-corrected chi connectivity index (χ4v) is 4.44. The zero-order valence-electron chi connectivity index (χ0n) is 21.2. The Labute approximate surface area is 201 Å². The van der Waals surface area contributed by atoms with Crippen LogP contribution in [-0.2, 0) is 38.0 Å². The molecule has 0 aromatic heterocycles. The van der Waals surface area contributed by atoms with Crippen LogP contribution in [0.1, 0.15) is 48.5 Å². The highest BCUT2D eigenvalue weighted by molar-refractivity contribution is 5.66. The van der Waals surface area contributed by atoms with Crippen LogP contribution in [0.25, 0.3) is 10.4 Å². The summed E-state index contributed by atoms with van der Waals surface area (Å²) in [5.41, 5.74) is 8.46. The number of hydrogen-bond donors (Lipinski definition) is 0. The van der Waals surface area contributed by atoms with Gasteiger partial charge in [0.05, 0.1) is 18.8 Å². The highest BCUT2D eigenvalue weighted by Gasteiger charge is 2.47. The van der Waals surface area contributed by atoms with E-state index in [1.54, 1.807) is 0 Å². The minimum Gasteiger partial charge on any atom is -0.463 e. The van der Waals surface area contributed by atoms with Gasteiger partial charge < -0.3 is 28.4 Å². The third kappa shape index (κ3) is 7.55. The van der Waals surface area contributed by atoms with Gasteiger partial charge >= 0.3 is 11.9 Å². The summed E-state index contributed by atoms with van der Waals surface area (Å²) in [5.74, 6) is -0.304. The van der Waals surface area contributed by atoms with Crippen molar-refractivity contribution in [2.45, 2.75) is 79.4 Å². The van der Waals surface area contributed by atoms with Gasteiger partial charge in [-0.25, -0.2) is 0 Å². The summed E-state index contributed by atoms with van der Waals surface area (Å²) in [6.07, 6.45) is -2.39. The Kier molecular flexibility index (Phi) is 11.0. The highest BCUT2D eigenvalue weighted by atomic mass is 16.7. The van der Waals surface area contributed by atoms with Crippen molar-refractivity contribution in [2.24, 2.45) is 34.7 Å². The van der Waals surface area contributed by atoms with E-state index in [-0.39, 0.29) is 68.0 Å². The van der Waals surface area contributed by atoms with E-state index in [4.69, 9.17) is 34.0 Å². The fraction of sp³-hybridized carbons (Fsp3) is 0.913. The molecule has 11 nitrogen and oxygen atoms in total. The van der Waals surface area contributed by atoms with Crippen molar-refractivity contribution in [1.29, 1.82) is 0 Å². The molecule has 2 fully saturated rings. The first-order chi connectivity index (χ1) is 16.1. The van der Waals surface area contributed by atoms with Gasteiger partial charge in [-0.1, -0.05) is 39.7 Å². The smallest absolute Gasteiger partial charge is 0.302 e. The normalized spacial score (nSPS) is 38.0. The minimum atomic E-state index is -0.572. The second-order valence-electron chi connectivity index (χ2n) is 9.41. The molecule has 0 bridgehead atoms. The maximum absolute atomic E-state index is 11.5. The highest BCUT2D eigenvalue weighted by Crippen LogP contribution is 2.40. The predicted octanol–water partition coefficient (Wildman–Crippen LogP) is 3.46. The second-order valence-corrected chi connectivity index (χ2v) is 9.41. The number of hydrogen-bond acceptors (Lipinski definition) is 9. The largest absolute Gasteiger partial charge is 0.463 e. The van der Waals surface area contributed by atoms with Gasteiger partial charge in [0.25, 0.3) is 0 Å². The SMILES string of the molecule is CC(=O)OCC1O[C@@H](OCCN=[N+]=[N-])C(C)[C@@H](C)[C@@H]1O[C@@H]1OC(COC(C)=O)[C@H](C)[C@H](C)C1C. The molecule has 0 aliphatic carbocycles. The van der Waals surface area contributed by atoms with Crippen LogP contribution in [0, 0.1) is 29.6 Å². The first-order valence-corrected chi connectivity index (χ1v) is 11.9. The summed E-state index contributed by atoms with van der Waals surface area (Å²) in [7, 11) is 0. The van der Waals surface area contributed by atoms with E-state index < -0.39 is 30.8 Å². The molecule has 0 radical (unpaired) electrons. The molecule has 2 aliphatic rings. The Morgan fingerprint density at radius 1 is 0.824 bits per heavy atom. The number of carbonyl (C=O) groups is 2. The zero-order valence-corrected chi connectivity index (χ0v) is 21.2. The molecule has 11 heteroatoms. The Morgan fingerprint density at radius 2 is 1.38 bits per heavy atom. The molecule has 0 spiro atoms. The lowest BCUT2D eigenvalue weighted by Crippen LogP contribution is -2.56. The third-order valence-electron chi connectivity index (χ3n) is 7.17. The molecule has 2 rings (SSSR count). The molecule has 2 saturated heterocycles. The van der Waals surface area contributed by atoms with Gasteiger partial charge in [-0.2, -0.15) is 0 Å². The summed E-state index contributed by atoms with van der Waals surface area (Å²) >= 11 is 0. The van der Waals surface area contributed by atoms with Crippen LogP contribution in [0.4, 0.5) is 0 Å². The lowest BCUT2D eigenvalue weighted by Gasteiger charge is -2.48. The maximum atomic E-state index is 11.5. The minimum absolute atomic E-state index is 0.0111. The Hall–Kier alpha value is -1.91. The molecule has 0 saturated carbocycles.